The molecule has 3 aromatic rings. The van der Waals surface area contributed by atoms with Crippen molar-refractivity contribution in [1.29, 1.82) is 0 Å². The van der Waals surface area contributed by atoms with E-state index in [2.05, 4.69) is 4.98 Å². The van der Waals surface area contributed by atoms with E-state index in [0.29, 0.717) is 40.3 Å². The molecule has 0 atom stereocenters. The van der Waals surface area contributed by atoms with Crippen LogP contribution in [0.2, 0.25) is 5.02 Å². The third kappa shape index (κ3) is 5.72. The second-order valence-corrected chi connectivity index (χ2v) is 7.90. The molecule has 10 heteroatoms. The standard InChI is InChI=1S/C20H21ClFN3O3S.ClH/c1-24(2)10-11-25(17(26)12-28-14-6-4-13(22)5-7-14)20-23-18-16(27-3)9-8-15(21)19(18)29-20;/h4-9H,10-12H2,1-3H3;1H. The maximum Gasteiger partial charge on any atom is 0.266 e. The van der Waals surface area contributed by atoms with Crippen LogP contribution in [0.3, 0.4) is 0 Å². The van der Waals surface area contributed by atoms with Crippen LogP contribution in [0.4, 0.5) is 9.52 Å². The van der Waals surface area contributed by atoms with Crippen molar-refractivity contribution in [2.45, 2.75) is 0 Å². The molecule has 0 saturated heterocycles. The van der Waals surface area contributed by atoms with E-state index in [4.69, 9.17) is 21.1 Å². The van der Waals surface area contributed by atoms with E-state index < -0.39 is 0 Å². The van der Waals surface area contributed by atoms with Gasteiger partial charge in [0.1, 0.15) is 22.8 Å². The number of ether oxygens (including phenoxy) is 2. The molecule has 0 radical (unpaired) electrons. The minimum absolute atomic E-state index is 0. The number of benzene rings is 2. The number of likely N-dealkylation sites (N-methyl/N-ethyl adjacent to an activating group) is 1. The van der Waals surface area contributed by atoms with Gasteiger partial charge < -0.3 is 14.4 Å². The van der Waals surface area contributed by atoms with Crippen LogP contribution >= 0.6 is 35.3 Å². The van der Waals surface area contributed by atoms with E-state index >= 15 is 0 Å². The van der Waals surface area contributed by atoms with E-state index in [0.717, 1.165) is 4.70 Å². The Morgan fingerprint density at radius 3 is 2.50 bits per heavy atom. The first-order chi connectivity index (χ1) is 13.9. The van der Waals surface area contributed by atoms with Crippen LogP contribution < -0.4 is 14.4 Å². The summed E-state index contributed by atoms with van der Waals surface area (Å²) in [6.45, 7) is 0.876. The number of nitrogens with zero attached hydrogens (tertiary/aromatic N) is 3. The predicted octanol–water partition coefficient (Wildman–Crippen LogP) is 4.49. The van der Waals surface area contributed by atoms with Gasteiger partial charge in [-0.25, -0.2) is 9.37 Å². The van der Waals surface area contributed by atoms with Gasteiger partial charge in [0.15, 0.2) is 11.7 Å². The summed E-state index contributed by atoms with van der Waals surface area (Å²) in [4.78, 5) is 21.1. The van der Waals surface area contributed by atoms with Crippen molar-refractivity contribution in [3.05, 3.63) is 47.2 Å². The summed E-state index contributed by atoms with van der Waals surface area (Å²) >= 11 is 7.64. The lowest BCUT2D eigenvalue weighted by atomic mass is 10.3. The van der Waals surface area contributed by atoms with Crippen molar-refractivity contribution in [2.24, 2.45) is 0 Å². The van der Waals surface area contributed by atoms with Crippen LogP contribution in [0.25, 0.3) is 10.2 Å². The van der Waals surface area contributed by atoms with Crippen LogP contribution in [0, 0.1) is 5.82 Å². The molecule has 0 N–H and O–H groups in total. The Hall–Kier alpha value is -2.13. The topological polar surface area (TPSA) is 54.9 Å². The number of carbonyl (C=O) groups is 1. The largest absolute Gasteiger partial charge is 0.494 e. The lowest BCUT2D eigenvalue weighted by molar-refractivity contribution is -0.120. The zero-order chi connectivity index (χ0) is 21.0. The minimum atomic E-state index is -0.364. The number of aromatic nitrogens is 1. The Balaban J connectivity index is 0.00000320. The number of rotatable bonds is 8. The summed E-state index contributed by atoms with van der Waals surface area (Å²) in [5.74, 6) is 0.387. The van der Waals surface area contributed by atoms with Crippen molar-refractivity contribution < 1.29 is 18.7 Å². The van der Waals surface area contributed by atoms with Crippen molar-refractivity contribution in [1.82, 2.24) is 9.88 Å². The summed E-state index contributed by atoms with van der Waals surface area (Å²) in [5.41, 5.74) is 0.613. The first-order valence-corrected chi connectivity index (χ1v) is 10.0. The number of halogens is 3. The van der Waals surface area contributed by atoms with Crippen LogP contribution in [0.15, 0.2) is 36.4 Å². The summed E-state index contributed by atoms with van der Waals surface area (Å²) < 4.78 is 24.7. The Labute approximate surface area is 189 Å². The van der Waals surface area contributed by atoms with E-state index in [1.165, 1.54) is 35.6 Å². The molecule has 0 unspecified atom stereocenters. The number of hydrogen-bond donors (Lipinski definition) is 0. The number of amides is 1. The second kappa shape index (κ2) is 10.8. The number of anilines is 1. The summed E-state index contributed by atoms with van der Waals surface area (Å²) in [6, 6.07) is 9.02. The molecule has 1 aromatic heterocycles. The molecule has 0 aliphatic carbocycles. The zero-order valence-corrected chi connectivity index (χ0v) is 19.1. The van der Waals surface area contributed by atoms with Crippen molar-refractivity contribution in [3.8, 4) is 11.5 Å². The lowest BCUT2D eigenvalue weighted by Crippen LogP contribution is -2.39. The highest BCUT2D eigenvalue weighted by Gasteiger charge is 2.22. The van der Waals surface area contributed by atoms with Gasteiger partial charge in [-0.2, -0.15) is 0 Å². The number of carbonyl (C=O) groups excluding carboxylic acids is 1. The predicted molar refractivity (Wildman–Crippen MR) is 121 cm³/mol. The molecule has 0 aliphatic rings. The third-order valence-corrected chi connectivity index (χ3v) is 5.68. The monoisotopic (exact) mass is 473 g/mol. The molecular formula is C20H22Cl2FN3O3S. The van der Waals surface area contributed by atoms with Gasteiger partial charge in [-0.05, 0) is 50.5 Å². The van der Waals surface area contributed by atoms with Crippen LogP contribution in [-0.2, 0) is 4.79 Å². The van der Waals surface area contributed by atoms with Gasteiger partial charge in [-0.1, -0.05) is 22.9 Å². The number of fused-ring (bicyclic) bond motifs is 1. The molecule has 3 rings (SSSR count). The smallest absolute Gasteiger partial charge is 0.266 e. The van der Waals surface area contributed by atoms with Crippen LogP contribution in [0.5, 0.6) is 11.5 Å². The van der Waals surface area contributed by atoms with Gasteiger partial charge in [0.25, 0.3) is 5.91 Å². The molecule has 0 spiro atoms. The highest BCUT2D eigenvalue weighted by Crippen LogP contribution is 2.38. The normalized spacial score (nSPS) is 10.7. The van der Waals surface area contributed by atoms with E-state index in [1.54, 1.807) is 24.1 Å². The fourth-order valence-electron chi connectivity index (χ4n) is 2.60. The average Bonchev–Trinajstić information content (AvgIpc) is 3.14. The first-order valence-electron chi connectivity index (χ1n) is 8.85. The average molecular weight is 474 g/mol. The molecular weight excluding hydrogens is 452 g/mol. The van der Waals surface area contributed by atoms with Crippen molar-refractivity contribution in [2.75, 3.05) is 45.8 Å². The summed E-state index contributed by atoms with van der Waals surface area (Å²) in [7, 11) is 5.42. The van der Waals surface area contributed by atoms with Crippen molar-refractivity contribution in [3.63, 3.8) is 0 Å². The highest BCUT2D eigenvalue weighted by molar-refractivity contribution is 7.23. The molecule has 6 nitrogen and oxygen atoms in total. The molecule has 162 valence electrons. The summed E-state index contributed by atoms with van der Waals surface area (Å²) in [5, 5.41) is 1.06. The van der Waals surface area contributed by atoms with Crippen LogP contribution in [0.1, 0.15) is 0 Å². The Morgan fingerprint density at radius 1 is 1.17 bits per heavy atom. The zero-order valence-electron chi connectivity index (χ0n) is 16.7. The maximum absolute atomic E-state index is 13.0. The Bertz CT molecular complexity index is 999. The molecule has 1 heterocycles. The second-order valence-electron chi connectivity index (χ2n) is 6.52. The molecule has 0 saturated carbocycles. The van der Waals surface area contributed by atoms with Gasteiger partial charge in [0, 0.05) is 13.1 Å². The lowest BCUT2D eigenvalue weighted by Gasteiger charge is -2.22. The Morgan fingerprint density at radius 2 is 1.87 bits per heavy atom. The van der Waals surface area contributed by atoms with Crippen LogP contribution in [-0.4, -0.2) is 56.7 Å². The fraction of sp³-hybridized carbons (Fsp3) is 0.300. The molecule has 0 fully saturated rings. The van der Waals surface area contributed by atoms with Crippen molar-refractivity contribution >= 4 is 56.6 Å². The third-order valence-electron chi connectivity index (χ3n) is 4.15. The molecule has 0 bridgehead atoms. The Kier molecular flexibility index (Phi) is 8.66. The quantitative estimate of drug-likeness (QED) is 0.482. The van der Waals surface area contributed by atoms with Gasteiger partial charge in [-0.15, -0.1) is 12.4 Å². The maximum atomic E-state index is 13.0. The summed E-state index contributed by atoms with van der Waals surface area (Å²) in [6.07, 6.45) is 0. The molecule has 30 heavy (non-hydrogen) atoms. The van der Waals surface area contributed by atoms with Gasteiger partial charge >= 0.3 is 0 Å². The van der Waals surface area contributed by atoms with Gasteiger partial charge in [0.2, 0.25) is 0 Å². The number of methoxy groups -OCH3 is 1. The fourth-order valence-corrected chi connectivity index (χ4v) is 3.90. The number of hydrogen-bond acceptors (Lipinski definition) is 6. The minimum Gasteiger partial charge on any atom is -0.494 e. The molecule has 0 aliphatic heterocycles. The molecule has 1 amide bonds. The van der Waals surface area contributed by atoms with Gasteiger partial charge in [0.05, 0.1) is 16.8 Å². The van der Waals surface area contributed by atoms with E-state index in [9.17, 15) is 9.18 Å². The highest BCUT2D eigenvalue weighted by atomic mass is 35.5. The van der Waals surface area contributed by atoms with Gasteiger partial charge in [-0.3, -0.25) is 9.69 Å². The van der Waals surface area contributed by atoms with E-state index in [1.807, 2.05) is 19.0 Å². The van der Waals surface area contributed by atoms with E-state index in [-0.39, 0.29) is 30.7 Å². The first kappa shape index (κ1) is 24.1. The molecule has 2 aromatic carbocycles. The SMILES string of the molecule is COc1ccc(Cl)c2sc(N(CCN(C)C)C(=O)COc3ccc(F)cc3)nc12.Cl. The number of thiazole rings is 1.